The van der Waals surface area contributed by atoms with Gasteiger partial charge in [-0.2, -0.15) is 4.39 Å². The smallest absolute Gasteiger partial charge is 0.270 e. The van der Waals surface area contributed by atoms with Gasteiger partial charge in [0.25, 0.3) is 5.69 Å². The first-order valence-corrected chi connectivity index (χ1v) is 5.61. The molecule has 0 bridgehead atoms. The number of hydrogen-bond donors (Lipinski definition) is 0. The zero-order valence-corrected chi connectivity index (χ0v) is 10.3. The molecule has 98 valence electrons. The van der Waals surface area contributed by atoms with Crippen LogP contribution in [0.5, 0.6) is 5.75 Å². The van der Waals surface area contributed by atoms with E-state index in [9.17, 15) is 14.5 Å². The lowest BCUT2D eigenvalue weighted by molar-refractivity contribution is -0.384. The second-order valence-corrected chi connectivity index (χ2v) is 4.05. The van der Waals surface area contributed by atoms with Crippen molar-refractivity contribution in [3.8, 4) is 5.75 Å². The molecule has 0 spiro atoms. The third-order valence-electron chi connectivity index (χ3n) is 2.34. The third kappa shape index (κ3) is 3.38. The van der Waals surface area contributed by atoms with E-state index in [1.165, 1.54) is 36.5 Å². The molecular weight excluding hydrogens is 275 g/mol. The lowest BCUT2D eigenvalue weighted by atomic mass is 10.2. The standard InChI is InChI=1S/C12H8ClFN2O3/c13-11-5-9(16(17)18)2-1-8(11)7-19-10-3-4-12(14)15-6-10/h1-6H,7H2. The lowest BCUT2D eigenvalue weighted by Gasteiger charge is -2.07. The molecule has 5 nitrogen and oxygen atoms in total. The van der Waals surface area contributed by atoms with E-state index in [0.29, 0.717) is 11.3 Å². The largest absolute Gasteiger partial charge is 0.487 e. The van der Waals surface area contributed by atoms with E-state index in [1.807, 2.05) is 0 Å². The number of benzene rings is 1. The van der Waals surface area contributed by atoms with E-state index in [4.69, 9.17) is 16.3 Å². The van der Waals surface area contributed by atoms with Crippen LogP contribution in [0.3, 0.4) is 0 Å². The van der Waals surface area contributed by atoms with Crippen LogP contribution in [0, 0.1) is 16.1 Å². The number of pyridine rings is 1. The normalized spacial score (nSPS) is 10.2. The fourth-order valence-corrected chi connectivity index (χ4v) is 1.60. The summed E-state index contributed by atoms with van der Waals surface area (Å²) in [5.74, 6) is -0.212. The monoisotopic (exact) mass is 282 g/mol. The number of hydrogen-bond acceptors (Lipinski definition) is 4. The first-order valence-electron chi connectivity index (χ1n) is 5.23. The highest BCUT2D eigenvalue weighted by atomic mass is 35.5. The van der Waals surface area contributed by atoms with E-state index < -0.39 is 10.9 Å². The number of nitrogens with zero attached hydrogens (tertiary/aromatic N) is 2. The van der Waals surface area contributed by atoms with E-state index in [-0.39, 0.29) is 17.3 Å². The maximum absolute atomic E-state index is 12.6. The van der Waals surface area contributed by atoms with Crippen molar-refractivity contribution in [2.45, 2.75) is 6.61 Å². The predicted molar refractivity (Wildman–Crippen MR) is 66.6 cm³/mol. The van der Waals surface area contributed by atoms with Crippen LogP contribution in [0.1, 0.15) is 5.56 Å². The van der Waals surface area contributed by atoms with Crippen molar-refractivity contribution in [1.82, 2.24) is 4.98 Å². The first kappa shape index (κ1) is 13.2. The first-order chi connectivity index (χ1) is 9.06. The summed E-state index contributed by atoms with van der Waals surface area (Å²) in [4.78, 5) is 13.5. The molecule has 7 heteroatoms. The molecule has 0 atom stereocenters. The molecule has 0 radical (unpaired) electrons. The lowest BCUT2D eigenvalue weighted by Crippen LogP contribution is -1.98. The molecule has 0 saturated heterocycles. The van der Waals surface area contributed by atoms with Gasteiger partial charge in [-0.1, -0.05) is 11.6 Å². The predicted octanol–water partition coefficient (Wildman–Crippen LogP) is 3.36. The topological polar surface area (TPSA) is 65.3 Å². The summed E-state index contributed by atoms with van der Waals surface area (Å²) in [5.41, 5.74) is 0.508. The molecule has 1 aromatic heterocycles. The average Bonchev–Trinajstić information content (AvgIpc) is 2.39. The summed E-state index contributed by atoms with van der Waals surface area (Å²) in [6.07, 6.45) is 1.24. The minimum Gasteiger partial charge on any atom is -0.487 e. The molecule has 0 amide bonds. The zero-order chi connectivity index (χ0) is 13.8. The molecule has 2 aromatic rings. The summed E-state index contributed by atoms with van der Waals surface area (Å²) in [5, 5.41) is 10.8. The number of nitro benzene ring substituents is 1. The van der Waals surface area contributed by atoms with Gasteiger partial charge in [-0.3, -0.25) is 10.1 Å². The van der Waals surface area contributed by atoms with Crippen LogP contribution in [0.25, 0.3) is 0 Å². The molecule has 0 aliphatic heterocycles. The van der Waals surface area contributed by atoms with Crippen molar-refractivity contribution >= 4 is 17.3 Å². The van der Waals surface area contributed by atoms with Crippen LogP contribution in [-0.4, -0.2) is 9.91 Å². The molecule has 0 aliphatic rings. The quantitative estimate of drug-likeness (QED) is 0.490. The average molecular weight is 283 g/mol. The summed E-state index contributed by atoms with van der Waals surface area (Å²) >= 11 is 5.90. The van der Waals surface area contributed by atoms with Crippen LogP contribution >= 0.6 is 11.6 Å². The van der Waals surface area contributed by atoms with Gasteiger partial charge in [-0.25, -0.2) is 4.98 Å². The van der Waals surface area contributed by atoms with Gasteiger partial charge >= 0.3 is 0 Å². The second-order valence-electron chi connectivity index (χ2n) is 3.64. The number of ether oxygens (including phenoxy) is 1. The maximum atomic E-state index is 12.6. The van der Waals surface area contributed by atoms with Gasteiger partial charge in [0.1, 0.15) is 12.4 Å². The Hall–Kier alpha value is -2.21. The molecule has 2 rings (SSSR count). The second kappa shape index (κ2) is 5.62. The molecule has 19 heavy (non-hydrogen) atoms. The van der Waals surface area contributed by atoms with Gasteiger partial charge < -0.3 is 4.74 Å². The number of aromatic nitrogens is 1. The highest BCUT2D eigenvalue weighted by Gasteiger charge is 2.09. The fourth-order valence-electron chi connectivity index (χ4n) is 1.38. The Balaban J connectivity index is 2.07. The third-order valence-corrected chi connectivity index (χ3v) is 2.69. The summed E-state index contributed by atoms with van der Waals surface area (Å²) in [7, 11) is 0. The fraction of sp³-hybridized carbons (Fsp3) is 0.0833. The van der Waals surface area contributed by atoms with Crippen LogP contribution in [-0.2, 0) is 6.61 Å². The van der Waals surface area contributed by atoms with Crippen molar-refractivity contribution in [2.24, 2.45) is 0 Å². The van der Waals surface area contributed by atoms with Gasteiger partial charge in [-0.15, -0.1) is 0 Å². The van der Waals surface area contributed by atoms with E-state index in [2.05, 4.69) is 4.98 Å². The Morgan fingerprint density at radius 3 is 2.74 bits per heavy atom. The molecule has 1 aromatic carbocycles. The highest BCUT2D eigenvalue weighted by molar-refractivity contribution is 6.31. The summed E-state index contributed by atoms with van der Waals surface area (Å²) in [6, 6.07) is 6.71. The number of nitro groups is 1. The van der Waals surface area contributed by atoms with Crippen LogP contribution in [0.15, 0.2) is 36.5 Å². The Kier molecular flexibility index (Phi) is 3.91. The Morgan fingerprint density at radius 1 is 1.37 bits per heavy atom. The van der Waals surface area contributed by atoms with Crippen molar-refractivity contribution in [1.29, 1.82) is 0 Å². The summed E-state index contributed by atoms with van der Waals surface area (Å²) < 4.78 is 17.9. The Labute approximate surface area is 112 Å². The molecular formula is C12H8ClFN2O3. The Bertz CT molecular complexity index is 604. The molecule has 0 N–H and O–H groups in total. The van der Waals surface area contributed by atoms with Crippen molar-refractivity contribution in [3.63, 3.8) is 0 Å². The molecule has 0 fully saturated rings. The van der Waals surface area contributed by atoms with Gasteiger partial charge in [0.15, 0.2) is 0 Å². The highest BCUT2D eigenvalue weighted by Crippen LogP contribution is 2.23. The van der Waals surface area contributed by atoms with E-state index in [1.54, 1.807) is 0 Å². The molecule has 0 unspecified atom stereocenters. The SMILES string of the molecule is O=[N+]([O-])c1ccc(COc2ccc(F)nc2)c(Cl)c1. The van der Waals surface area contributed by atoms with Crippen LogP contribution < -0.4 is 4.74 Å². The molecule has 0 aliphatic carbocycles. The van der Waals surface area contributed by atoms with Gasteiger partial charge in [0, 0.05) is 17.7 Å². The zero-order valence-electron chi connectivity index (χ0n) is 9.55. The van der Waals surface area contributed by atoms with Gasteiger partial charge in [0.2, 0.25) is 5.95 Å². The number of non-ortho nitro benzene ring substituents is 1. The van der Waals surface area contributed by atoms with Crippen molar-refractivity contribution in [2.75, 3.05) is 0 Å². The molecule has 1 heterocycles. The van der Waals surface area contributed by atoms with E-state index >= 15 is 0 Å². The van der Waals surface area contributed by atoms with Crippen molar-refractivity contribution in [3.05, 3.63) is 63.2 Å². The minimum absolute atomic E-state index is 0.0859. The van der Waals surface area contributed by atoms with Gasteiger partial charge in [0.05, 0.1) is 16.1 Å². The minimum atomic E-state index is -0.597. The van der Waals surface area contributed by atoms with Gasteiger partial charge in [-0.05, 0) is 18.2 Å². The van der Waals surface area contributed by atoms with Crippen molar-refractivity contribution < 1.29 is 14.1 Å². The van der Waals surface area contributed by atoms with E-state index in [0.717, 1.165) is 0 Å². The molecule has 0 saturated carbocycles. The Morgan fingerprint density at radius 2 is 2.16 bits per heavy atom. The number of rotatable bonds is 4. The maximum Gasteiger partial charge on any atom is 0.270 e. The number of halogens is 2. The summed E-state index contributed by atoms with van der Waals surface area (Å²) in [6.45, 7) is 0.115. The van der Waals surface area contributed by atoms with Crippen LogP contribution in [0.2, 0.25) is 5.02 Å². The van der Waals surface area contributed by atoms with Crippen LogP contribution in [0.4, 0.5) is 10.1 Å².